The van der Waals surface area contributed by atoms with E-state index in [0.29, 0.717) is 13.0 Å². The molecule has 0 bridgehead atoms. The lowest BCUT2D eigenvalue weighted by molar-refractivity contribution is 0.572. The molecule has 5 nitrogen and oxygen atoms in total. The summed E-state index contributed by atoms with van der Waals surface area (Å²) in [5.41, 5.74) is 2.99. The lowest BCUT2D eigenvalue weighted by Gasteiger charge is -2.19. The van der Waals surface area contributed by atoms with E-state index in [4.69, 9.17) is 5.84 Å². The van der Waals surface area contributed by atoms with Crippen LogP contribution in [0.5, 0.6) is 0 Å². The Labute approximate surface area is 115 Å². The van der Waals surface area contributed by atoms with Crippen LogP contribution in [0.15, 0.2) is 30.5 Å². The average molecular weight is 279 g/mol. The SMILES string of the molecule is CN(CCc1ccccn1)c1nc(NN)c(F)cc1F. The van der Waals surface area contributed by atoms with Crippen molar-refractivity contribution < 1.29 is 8.78 Å². The van der Waals surface area contributed by atoms with Crippen molar-refractivity contribution in [2.45, 2.75) is 6.42 Å². The van der Waals surface area contributed by atoms with Gasteiger partial charge >= 0.3 is 0 Å². The summed E-state index contributed by atoms with van der Waals surface area (Å²) in [4.78, 5) is 9.59. The number of hydrogen-bond donors (Lipinski definition) is 2. The largest absolute Gasteiger partial charge is 0.357 e. The summed E-state index contributed by atoms with van der Waals surface area (Å²) in [6, 6.07) is 6.35. The predicted octanol–water partition coefficient (Wildman–Crippen LogP) is 1.72. The molecule has 2 rings (SSSR count). The Morgan fingerprint density at radius 2 is 2.10 bits per heavy atom. The van der Waals surface area contributed by atoms with Gasteiger partial charge in [-0.05, 0) is 12.1 Å². The first-order valence-electron chi connectivity index (χ1n) is 6.05. The number of pyridine rings is 2. The van der Waals surface area contributed by atoms with Crippen LogP contribution in [0, 0.1) is 11.6 Å². The molecule has 7 heteroatoms. The number of hydrazine groups is 1. The molecular weight excluding hydrogens is 264 g/mol. The molecule has 0 aliphatic heterocycles. The van der Waals surface area contributed by atoms with E-state index < -0.39 is 11.6 Å². The predicted molar refractivity (Wildman–Crippen MR) is 73.2 cm³/mol. The van der Waals surface area contributed by atoms with Gasteiger partial charge in [-0.1, -0.05) is 6.07 Å². The maximum atomic E-state index is 13.7. The fraction of sp³-hybridized carbons (Fsp3) is 0.231. The van der Waals surface area contributed by atoms with Gasteiger partial charge in [-0.15, -0.1) is 0 Å². The standard InChI is InChI=1S/C13H15F2N5/c1-20(7-5-9-4-2-3-6-17-9)13-11(15)8-10(14)12(18-13)19-16/h2-4,6,8H,5,7,16H2,1H3,(H,18,19). The summed E-state index contributed by atoms with van der Waals surface area (Å²) in [5.74, 6) is 3.42. The van der Waals surface area contributed by atoms with Gasteiger partial charge in [0.25, 0.3) is 0 Å². The monoisotopic (exact) mass is 279 g/mol. The molecule has 0 aliphatic rings. The Hall–Kier alpha value is -2.28. The third-order valence-corrected chi connectivity index (χ3v) is 2.84. The summed E-state index contributed by atoms with van der Waals surface area (Å²) in [6.45, 7) is 0.497. The van der Waals surface area contributed by atoms with Gasteiger partial charge < -0.3 is 10.3 Å². The van der Waals surface area contributed by atoms with Crippen LogP contribution in [-0.4, -0.2) is 23.6 Å². The van der Waals surface area contributed by atoms with E-state index in [1.54, 1.807) is 18.1 Å². The molecule has 0 saturated heterocycles. The quantitative estimate of drug-likeness (QED) is 0.644. The van der Waals surface area contributed by atoms with Crippen molar-refractivity contribution in [2.24, 2.45) is 5.84 Å². The number of rotatable bonds is 5. The van der Waals surface area contributed by atoms with Gasteiger partial charge in [-0.2, -0.15) is 0 Å². The Morgan fingerprint density at radius 3 is 2.75 bits per heavy atom. The highest BCUT2D eigenvalue weighted by molar-refractivity contribution is 5.48. The van der Waals surface area contributed by atoms with Crippen LogP contribution in [0.25, 0.3) is 0 Å². The third kappa shape index (κ3) is 3.18. The van der Waals surface area contributed by atoms with E-state index in [1.165, 1.54) is 0 Å². The molecule has 2 heterocycles. The molecule has 3 N–H and O–H groups in total. The molecule has 2 aromatic rings. The van der Waals surface area contributed by atoms with E-state index in [1.807, 2.05) is 18.2 Å². The highest BCUT2D eigenvalue weighted by Gasteiger charge is 2.14. The topological polar surface area (TPSA) is 67.1 Å². The normalized spacial score (nSPS) is 10.4. The van der Waals surface area contributed by atoms with Crippen LogP contribution in [0.2, 0.25) is 0 Å². The van der Waals surface area contributed by atoms with Crippen LogP contribution >= 0.6 is 0 Å². The summed E-state index contributed by atoms with van der Waals surface area (Å²) in [7, 11) is 1.67. The van der Waals surface area contributed by atoms with Crippen LogP contribution in [0.1, 0.15) is 5.69 Å². The molecule has 0 aliphatic carbocycles. The first-order valence-corrected chi connectivity index (χ1v) is 6.05. The second kappa shape index (κ2) is 6.25. The number of nitrogen functional groups attached to an aromatic ring is 1. The molecule has 0 saturated carbocycles. The van der Waals surface area contributed by atoms with Crippen molar-refractivity contribution in [1.82, 2.24) is 9.97 Å². The van der Waals surface area contributed by atoms with Gasteiger partial charge in [-0.3, -0.25) is 4.98 Å². The molecule has 0 unspecified atom stereocenters. The fourth-order valence-electron chi connectivity index (χ4n) is 1.76. The minimum Gasteiger partial charge on any atom is -0.357 e. The van der Waals surface area contributed by atoms with E-state index >= 15 is 0 Å². The Morgan fingerprint density at radius 1 is 1.30 bits per heavy atom. The van der Waals surface area contributed by atoms with Gasteiger partial charge in [0.1, 0.15) is 0 Å². The molecule has 0 aromatic carbocycles. The summed E-state index contributed by atoms with van der Waals surface area (Å²) < 4.78 is 27.0. The zero-order valence-electron chi connectivity index (χ0n) is 11.0. The molecule has 20 heavy (non-hydrogen) atoms. The fourth-order valence-corrected chi connectivity index (χ4v) is 1.76. The van der Waals surface area contributed by atoms with Crippen molar-refractivity contribution >= 4 is 11.6 Å². The van der Waals surface area contributed by atoms with E-state index in [9.17, 15) is 8.78 Å². The first-order chi connectivity index (χ1) is 9.61. The number of hydrogen-bond acceptors (Lipinski definition) is 5. The van der Waals surface area contributed by atoms with Crippen LogP contribution < -0.4 is 16.2 Å². The molecule has 0 fully saturated rings. The highest BCUT2D eigenvalue weighted by atomic mass is 19.1. The lowest BCUT2D eigenvalue weighted by Crippen LogP contribution is -2.24. The zero-order valence-corrected chi connectivity index (χ0v) is 11.0. The summed E-state index contributed by atoms with van der Waals surface area (Å²) in [6.07, 6.45) is 2.32. The van der Waals surface area contributed by atoms with Crippen molar-refractivity contribution in [2.75, 3.05) is 23.9 Å². The second-order valence-electron chi connectivity index (χ2n) is 4.26. The van der Waals surface area contributed by atoms with Crippen LogP contribution in [-0.2, 0) is 6.42 Å². The summed E-state index contributed by atoms with van der Waals surface area (Å²) in [5, 5.41) is 0. The number of halogens is 2. The van der Waals surface area contributed by atoms with Crippen molar-refractivity contribution in [3.05, 3.63) is 47.8 Å². The maximum absolute atomic E-state index is 13.7. The molecule has 0 radical (unpaired) electrons. The lowest BCUT2D eigenvalue weighted by atomic mass is 10.2. The van der Waals surface area contributed by atoms with Gasteiger partial charge in [0, 0.05) is 38.0 Å². The number of aromatic nitrogens is 2. The minimum absolute atomic E-state index is 0.0373. The van der Waals surface area contributed by atoms with Crippen LogP contribution in [0.3, 0.4) is 0 Å². The van der Waals surface area contributed by atoms with Crippen molar-refractivity contribution in [3.63, 3.8) is 0 Å². The Bertz CT molecular complexity index is 576. The maximum Gasteiger partial charge on any atom is 0.178 e. The zero-order chi connectivity index (χ0) is 14.5. The Kier molecular flexibility index (Phi) is 4.41. The number of nitrogens with zero attached hydrogens (tertiary/aromatic N) is 3. The number of likely N-dealkylation sites (N-methyl/N-ethyl adjacent to an activating group) is 1. The first kappa shape index (κ1) is 14.1. The summed E-state index contributed by atoms with van der Waals surface area (Å²) >= 11 is 0. The van der Waals surface area contributed by atoms with Gasteiger partial charge in [0.15, 0.2) is 23.3 Å². The smallest absolute Gasteiger partial charge is 0.178 e. The molecule has 0 atom stereocenters. The molecular formula is C13H15F2N5. The highest BCUT2D eigenvalue weighted by Crippen LogP contribution is 2.21. The minimum atomic E-state index is -0.827. The molecule has 0 spiro atoms. The van der Waals surface area contributed by atoms with Crippen molar-refractivity contribution in [1.29, 1.82) is 0 Å². The second-order valence-corrected chi connectivity index (χ2v) is 4.26. The third-order valence-electron chi connectivity index (χ3n) is 2.84. The average Bonchev–Trinajstić information content (AvgIpc) is 2.46. The number of nitrogens with one attached hydrogen (secondary N) is 1. The van der Waals surface area contributed by atoms with Gasteiger partial charge in [0.2, 0.25) is 0 Å². The molecule has 106 valence electrons. The van der Waals surface area contributed by atoms with Crippen molar-refractivity contribution in [3.8, 4) is 0 Å². The van der Waals surface area contributed by atoms with E-state index in [2.05, 4.69) is 15.4 Å². The van der Waals surface area contributed by atoms with Gasteiger partial charge in [-0.25, -0.2) is 19.6 Å². The molecule has 0 amide bonds. The number of anilines is 2. The van der Waals surface area contributed by atoms with E-state index in [-0.39, 0.29) is 11.6 Å². The van der Waals surface area contributed by atoms with Gasteiger partial charge in [0.05, 0.1) is 0 Å². The number of nitrogens with two attached hydrogens (primary N) is 1. The Balaban J connectivity index is 2.11. The molecule has 2 aromatic heterocycles. The van der Waals surface area contributed by atoms with E-state index in [0.717, 1.165) is 11.8 Å². The van der Waals surface area contributed by atoms with Crippen LogP contribution in [0.4, 0.5) is 20.4 Å².